The van der Waals surface area contributed by atoms with Crippen LogP contribution in [-0.4, -0.2) is 22.1 Å². The largest absolute Gasteiger partial charge is 0.481 e. The molecule has 3 rings (SSSR count). The third-order valence-corrected chi connectivity index (χ3v) is 4.00. The molecule has 0 saturated heterocycles. The molecule has 0 unspecified atom stereocenters. The number of rotatable bonds is 2. The monoisotopic (exact) mass is 260 g/mol. The summed E-state index contributed by atoms with van der Waals surface area (Å²) in [7, 11) is 1.61. The molecule has 0 spiro atoms. The highest BCUT2D eigenvalue weighted by Crippen LogP contribution is 2.33. The number of ether oxygens (including phenoxy) is 1. The zero-order valence-electron chi connectivity index (χ0n) is 11.3. The molecule has 19 heavy (non-hydrogen) atoms. The number of hydrogen-bond donors (Lipinski definition) is 2. The van der Waals surface area contributed by atoms with Gasteiger partial charge in [-0.1, -0.05) is 25.7 Å². The lowest BCUT2D eigenvalue weighted by atomic mass is 9.91. The first-order valence-electron chi connectivity index (χ1n) is 6.91. The van der Waals surface area contributed by atoms with Crippen LogP contribution in [-0.2, 0) is 5.54 Å². The number of nitrogens with two attached hydrogens (primary N) is 1. The molecule has 1 saturated carbocycles. The third kappa shape index (κ3) is 2.30. The second-order valence-electron chi connectivity index (χ2n) is 5.38. The fraction of sp³-hybridized carbons (Fsp3) is 0.571. The summed E-state index contributed by atoms with van der Waals surface area (Å²) in [6.45, 7) is 0. The lowest BCUT2D eigenvalue weighted by molar-refractivity contribution is 0.366. The van der Waals surface area contributed by atoms with Crippen molar-refractivity contribution in [3.05, 3.63) is 18.0 Å². The smallest absolute Gasteiger partial charge is 0.215 e. The second kappa shape index (κ2) is 4.81. The molecule has 0 bridgehead atoms. The average Bonchev–Trinajstić information content (AvgIpc) is 2.74. The Kier molecular flexibility index (Phi) is 3.14. The number of H-pyrrole nitrogens is 1. The summed E-state index contributed by atoms with van der Waals surface area (Å²) in [5.41, 5.74) is 7.84. The number of methoxy groups -OCH3 is 1. The molecule has 3 N–H and O–H groups in total. The lowest BCUT2D eigenvalue weighted by Crippen LogP contribution is -2.37. The van der Waals surface area contributed by atoms with E-state index in [-0.39, 0.29) is 5.54 Å². The van der Waals surface area contributed by atoms with Crippen molar-refractivity contribution < 1.29 is 4.74 Å². The zero-order valence-corrected chi connectivity index (χ0v) is 11.3. The Balaban J connectivity index is 1.99. The molecule has 0 amide bonds. The Morgan fingerprint density at radius 3 is 2.58 bits per heavy atom. The molecule has 5 nitrogen and oxygen atoms in total. The van der Waals surface area contributed by atoms with Crippen molar-refractivity contribution in [2.24, 2.45) is 5.73 Å². The van der Waals surface area contributed by atoms with Crippen LogP contribution < -0.4 is 10.5 Å². The van der Waals surface area contributed by atoms with E-state index < -0.39 is 0 Å². The second-order valence-corrected chi connectivity index (χ2v) is 5.38. The Labute approximate surface area is 112 Å². The molecule has 0 radical (unpaired) electrons. The molecule has 0 atom stereocenters. The minimum atomic E-state index is -0.329. The van der Waals surface area contributed by atoms with Gasteiger partial charge in [0.05, 0.1) is 18.2 Å². The van der Waals surface area contributed by atoms with Gasteiger partial charge in [0, 0.05) is 6.07 Å². The molecule has 2 aromatic heterocycles. The van der Waals surface area contributed by atoms with Gasteiger partial charge in [-0.15, -0.1) is 0 Å². The highest BCUT2D eigenvalue weighted by molar-refractivity contribution is 5.71. The molecule has 102 valence electrons. The number of nitrogens with one attached hydrogen (secondary N) is 1. The van der Waals surface area contributed by atoms with Gasteiger partial charge < -0.3 is 15.5 Å². The molecule has 1 aliphatic carbocycles. The van der Waals surface area contributed by atoms with E-state index in [9.17, 15) is 0 Å². The minimum absolute atomic E-state index is 0.329. The van der Waals surface area contributed by atoms with E-state index in [1.54, 1.807) is 7.11 Å². The van der Waals surface area contributed by atoms with Gasteiger partial charge in [-0.05, 0) is 18.9 Å². The Morgan fingerprint density at radius 2 is 1.89 bits per heavy atom. The first kappa shape index (κ1) is 12.4. The van der Waals surface area contributed by atoms with Crippen LogP contribution in [0.5, 0.6) is 5.88 Å². The van der Waals surface area contributed by atoms with E-state index in [0.717, 1.165) is 24.2 Å². The quantitative estimate of drug-likeness (QED) is 0.813. The maximum Gasteiger partial charge on any atom is 0.215 e. The fourth-order valence-electron chi connectivity index (χ4n) is 2.82. The molecular weight excluding hydrogens is 240 g/mol. The van der Waals surface area contributed by atoms with Crippen molar-refractivity contribution in [3.63, 3.8) is 0 Å². The summed E-state index contributed by atoms with van der Waals surface area (Å²) in [6, 6.07) is 3.78. The highest BCUT2D eigenvalue weighted by atomic mass is 16.5. The maximum atomic E-state index is 6.56. The van der Waals surface area contributed by atoms with Crippen molar-refractivity contribution in [2.75, 3.05) is 7.11 Å². The summed E-state index contributed by atoms with van der Waals surface area (Å²) in [5, 5.41) is 0. The van der Waals surface area contributed by atoms with Crippen LogP contribution >= 0.6 is 0 Å². The van der Waals surface area contributed by atoms with E-state index in [2.05, 4.69) is 15.0 Å². The fourth-order valence-corrected chi connectivity index (χ4v) is 2.82. The number of imidazole rings is 1. The Morgan fingerprint density at radius 1 is 1.16 bits per heavy atom. The molecule has 1 fully saturated rings. The van der Waals surface area contributed by atoms with Crippen LogP contribution in [0.15, 0.2) is 12.1 Å². The summed E-state index contributed by atoms with van der Waals surface area (Å²) in [6.07, 6.45) is 6.86. The maximum absolute atomic E-state index is 6.56. The summed E-state index contributed by atoms with van der Waals surface area (Å²) in [5.74, 6) is 1.45. The van der Waals surface area contributed by atoms with E-state index >= 15 is 0 Å². The van der Waals surface area contributed by atoms with Gasteiger partial charge in [0.25, 0.3) is 0 Å². The summed E-state index contributed by atoms with van der Waals surface area (Å²) in [4.78, 5) is 12.3. The van der Waals surface area contributed by atoms with Crippen molar-refractivity contribution in [1.29, 1.82) is 0 Å². The number of aromatic amines is 1. The van der Waals surface area contributed by atoms with Gasteiger partial charge in [0.2, 0.25) is 5.88 Å². The molecular formula is C14H20N4O. The van der Waals surface area contributed by atoms with Gasteiger partial charge in [0.1, 0.15) is 5.82 Å². The topological polar surface area (TPSA) is 76.8 Å². The third-order valence-electron chi connectivity index (χ3n) is 4.00. The van der Waals surface area contributed by atoms with Crippen LogP contribution in [0.4, 0.5) is 0 Å². The van der Waals surface area contributed by atoms with Gasteiger partial charge >= 0.3 is 0 Å². The van der Waals surface area contributed by atoms with Crippen LogP contribution in [0.25, 0.3) is 11.2 Å². The molecule has 0 aliphatic heterocycles. The number of fused-ring (bicyclic) bond motifs is 1. The highest BCUT2D eigenvalue weighted by Gasteiger charge is 2.31. The molecule has 2 aromatic rings. The normalized spacial score (nSPS) is 19.3. The zero-order chi connectivity index (χ0) is 13.3. The number of aromatic nitrogens is 3. The number of hydrogen-bond acceptors (Lipinski definition) is 4. The standard InChI is InChI=1S/C14H20N4O/c1-19-11-7-6-10-12(17-11)18-13(16-10)14(15)8-4-2-3-5-9-14/h6-7H,2-5,8-9,15H2,1H3,(H,16,17,18). The minimum Gasteiger partial charge on any atom is -0.481 e. The number of pyridine rings is 1. The van der Waals surface area contributed by atoms with Crippen LogP contribution in [0.2, 0.25) is 0 Å². The first-order valence-corrected chi connectivity index (χ1v) is 6.91. The Hall–Kier alpha value is -1.62. The molecule has 2 heterocycles. The van der Waals surface area contributed by atoms with Crippen molar-refractivity contribution in [2.45, 2.75) is 44.1 Å². The Bertz CT molecular complexity index is 570. The van der Waals surface area contributed by atoms with Crippen LogP contribution in [0.3, 0.4) is 0 Å². The van der Waals surface area contributed by atoms with E-state index in [4.69, 9.17) is 10.5 Å². The lowest BCUT2D eigenvalue weighted by Gasteiger charge is -2.25. The summed E-state index contributed by atoms with van der Waals surface area (Å²) >= 11 is 0. The van der Waals surface area contributed by atoms with Crippen molar-refractivity contribution >= 4 is 11.2 Å². The predicted octanol–water partition coefficient (Wildman–Crippen LogP) is 2.47. The predicted molar refractivity (Wildman–Crippen MR) is 74.0 cm³/mol. The SMILES string of the molecule is COc1ccc2[nH]c(C3(N)CCCCCC3)nc2n1. The molecule has 5 heteroatoms. The van der Waals surface area contributed by atoms with Gasteiger partial charge in [-0.2, -0.15) is 4.98 Å². The van der Waals surface area contributed by atoms with Crippen LogP contribution in [0, 0.1) is 0 Å². The first-order chi connectivity index (χ1) is 9.21. The van der Waals surface area contributed by atoms with Crippen LogP contribution in [0.1, 0.15) is 44.3 Å². The number of nitrogens with zero attached hydrogens (tertiary/aromatic N) is 2. The molecule has 1 aliphatic rings. The van der Waals surface area contributed by atoms with E-state index in [0.29, 0.717) is 11.5 Å². The van der Waals surface area contributed by atoms with Gasteiger partial charge in [-0.25, -0.2) is 4.98 Å². The van der Waals surface area contributed by atoms with E-state index in [1.165, 1.54) is 25.7 Å². The molecule has 0 aromatic carbocycles. The van der Waals surface area contributed by atoms with Gasteiger partial charge in [0.15, 0.2) is 5.65 Å². The summed E-state index contributed by atoms with van der Waals surface area (Å²) < 4.78 is 5.13. The van der Waals surface area contributed by atoms with Crippen molar-refractivity contribution in [1.82, 2.24) is 15.0 Å². The van der Waals surface area contributed by atoms with E-state index in [1.807, 2.05) is 12.1 Å². The van der Waals surface area contributed by atoms with Crippen molar-refractivity contribution in [3.8, 4) is 5.88 Å². The van der Waals surface area contributed by atoms with Gasteiger partial charge in [-0.3, -0.25) is 0 Å². The average molecular weight is 260 g/mol.